The highest BCUT2D eigenvalue weighted by Crippen LogP contribution is 2.25. The fourth-order valence-corrected chi connectivity index (χ4v) is 3.25. The number of rotatable bonds is 6. The number of esters is 1. The van der Waals surface area contributed by atoms with Gasteiger partial charge in [0.15, 0.2) is 0 Å². The van der Waals surface area contributed by atoms with Crippen LogP contribution in [0, 0.1) is 0 Å². The molecule has 1 atom stereocenters. The van der Waals surface area contributed by atoms with Gasteiger partial charge in [-0.15, -0.1) is 23.2 Å². The molecule has 0 rings (SSSR count). The topological polar surface area (TPSA) is 26.3 Å². The predicted octanol–water partition coefficient (Wildman–Crippen LogP) is 2.44. The molecule has 2 nitrogen and oxygen atoms in total. The molecule has 0 spiro atoms. The summed E-state index contributed by atoms with van der Waals surface area (Å²) in [6, 6.07) is 0.702. The van der Waals surface area contributed by atoms with Crippen LogP contribution in [0.3, 0.4) is 0 Å². The van der Waals surface area contributed by atoms with Gasteiger partial charge < -0.3 is 4.74 Å². The molecule has 84 valence electrons. The van der Waals surface area contributed by atoms with Gasteiger partial charge in [0.05, 0.1) is 20.6 Å². The molecule has 6 heteroatoms. The Balaban J connectivity index is 3.96. The third-order valence-electron chi connectivity index (χ3n) is 1.69. The first kappa shape index (κ1) is 14.7. The minimum atomic E-state index is -0.641. The fraction of sp³-hybridized carbons (Fsp3) is 0.875. The van der Waals surface area contributed by atoms with Crippen molar-refractivity contribution in [2.45, 2.75) is 35.1 Å². The van der Waals surface area contributed by atoms with Gasteiger partial charge in [-0.2, -0.15) is 0 Å². The normalized spacial score (nSPS) is 16.1. The first-order valence-electron chi connectivity index (χ1n) is 4.54. The summed E-state index contributed by atoms with van der Waals surface area (Å²) in [7, 11) is -0.641. The maximum atomic E-state index is 11.5. The van der Waals surface area contributed by atoms with Gasteiger partial charge in [0.1, 0.15) is 4.32 Å². The molecule has 0 N–H and O–H groups in total. The zero-order valence-electron chi connectivity index (χ0n) is 8.36. The van der Waals surface area contributed by atoms with E-state index in [2.05, 4.69) is 15.9 Å². The molecule has 14 heavy (non-hydrogen) atoms. The minimum absolute atomic E-state index is 0.221. The summed E-state index contributed by atoms with van der Waals surface area (Å²) in [5.41, 5.74) is 0. The lowest BCUT2D eigenvalue weighted by atomic mass is 10.2. The Labute approximate surface area is 106 Å². The van der Waals surface area contributed by atoms with Crippen molar-refractivity contribution < 1.29 is 9.53 Å². The summed E-state index contributed by atoms with van der Waals surface area (Å²) in [5.74, 6) is -0.221. The van der Waals surface area contributed by atoms with Crippen molar-refractivity contribution in [2.24, 2.45) is 0 Å². The molecule has 1 unspecified atom stereocenters. The average molecular weight is 322 g/mol. The molecular weight excluding hydrogens is 307 g/mol. The number of ether oxygens (including phenoxy) is 1. The van der Waals surface area contributed by atoms with Gasteiger partial charge in [0.2, 0.25) is 0 Å². The van der Waals surface area contributed by atoms with Crippen LogP contribution in [0.5, 0.6) is 0 Å². The second kappa shape index (κ2) is 7.09. The quantitative estimate of drug-likeness (QED) is 0.427. The summed E-state index contributed by atoms with van der Waals surface area (Å²) in [4.78, 5) is 11.5. The van der Waals surface area contributed by atoms with Crippen molar-refractivity contribution in [3.05, 3.63) is 0 Å². The van der Waals surface area contributed by atoms with Gasteiger partial charge in [-0.25, -0.2) is 0 Å². The van der Waals surface area contributed by atoms with Crippen LogP contribution in [0.2, 0.25) is 6.04 Å². The van der Waals surface area contributed by atoms with Gasteiger partial charge in [-0.05, 0) is 19.4 Å². The molecule has 0 aromatic rings. The van der Waals surface area contributed by atoms with Crippen LogP contribution >= 0.6 is 39.1 Å². The summed E-state index contributed by atoms with van der Waals surface area (Å²) in [6.07, 6.45) is 0.833. The molecule has 0 aliphatic carbocycles. The van der Waals surface area contributed by atoms with Crippen molar-refractivity contribution in [1.82, 2.24) is 0 Å². The Morgan fingerprint density at radius 1 is 1.64 bits per heavy atom. The summed E-state index contributed by atoms with van der Waals surface area (Å²) in [6.45, 7) is 4.22. The number of carbonyl (C=O) groups is 1. The smallest absolute Gasteiger partial charge is 0.322 e. The number of hydrogen-bond donors (Lipinski definition) is 0. The van der Waals surface area contributed by atoms with Crippen LogP contribution in [-0.2, 0) is 9.53 Å². The van der Waals surface area contributed by atoms with Gasteiger partial charge in [-0.1, -0.05) is 22.9 Å². The van der Waals surface area contributed by atoms with Gasteiger partial charge in [0.25, 0.3) is 0 Å². The van der Waals surface area contributed by atoms with E-state index in [0.717, 1.165) is 6.42 Å². The highest BCUT2D eigenvalue weighted by atomic mass is 79.9. The van der Waals surface area contributed by atoms with Crippen molar-refractivity contribution in [2.75, 3.05) is 6.61 Å². The summed E-state index contributed by atoms with van der Waals surface area (Å²) in [5, 5.41) is 0. The van der Waals surface area contributed by atoms with Crippen LogP contribution in [0.15, 0.2) is 0 Å². The predicted molar refractivity (Wildman–Crippen MR) is 67.4 cm³/mol. The zero-order valence-corrected chi connectivity index (χ0v) is 12.9. The van der Waals surface area contributed by atoms with E-state index in [1.54, 1.807) is 6.92 Å². The molecule has 0 saturated heterocycles. The van der Waals surface area contributed by atoms with E-state index in [0.29, 0.717) is 12.7 Å². The third-order valence-corrected chi connectivity index (χ3v) is 6.18. The Kier molecular flexibility index (Phi) is 7.47. The molecule has 0 radical (unpaired) electrons. The number of alkyl halides is 3. The van der Waals surface area contributed by atoms with Crippen LogP contribution in [0.25, 0.3) is 0 Å². The first-order chi connectivity index (χ1) is 6.40. The molecular formula is C8H15BrCl2O2Si. The molecule has 0 heterocycles. The van der Waals surface area contributed by atoms with Gasteiger partial charge >= 0.3 is 5.97 Å². The standard InChI is InChI=1S/C8H15BrCl2O2Si/c1-3-4-13-6(12)8(2,9)5-14-7(10)11/h7H,3-5,14H2,1-2H3. The first-order valence-corrected chi connectivity index (χ1v) is 8.02. The van der Waals surface area contributed by atoms with Crippen molar-refractivity contribution >= 4 is 54.6 Å². The largest absolute Gasteiger partial charge is 0.465 e. The molecule has 0 saturated carbocycles. The molecule has 0 fully saturated rings. The minimum Gasteiger partial charge on any atom is -0.465 e. The van der Waals surface area contributed by atoms with E-state index in [1.807, 2.05) is 6.92 Å². The highest BCUT2D eigenvalue weighted by molar-refractivity contribution is 9.10. The van der Waals surface area contributed by atoms with Crippen LogP contribution in [-0.4, -0.2) is 30.9 Å². The molecule has 0 bridgehead atoms. The highest BCUT2D eigenvalue weighted by Gasteiger charge is 2.31. The number of hydrogen-bond acceptors (Lipinski definition) is 2. The maximum absolute atomic E-state index is 11.5. The second-order valence-electron chi connectivity index (χ2n) is 3.26. The molecule has 0 amide bonds. The van der Waals surface area contributed by atoms with Crippen molar-refractivity contribution in [3.63, 3.8) is 0 Å². The lowest BCUT2D eigenvalue weighted by molar-refractivity contribution is -0.145. The zero-order chi connectivity index (χ0) is 11.2. The number of halogens is 3. The van der Waals surface area contributed by atoms with Crippen LogP contribution < -0.4 is 0 Å². The summed E-state index contributed by atoms with van der Waals surface area (Å²) < 4.78 is 4.12. The third kappa shape index (κ3) is 6.27. The maximum Gasteiger partial charge on any atom is 0.322 e. The van der Waals surface area contributed by atoms with E-state index in [4.69, 9.17) is 27.9 Å². The molecule has 0 aromatic carbocycles. The molecule has 0 aliphatic heterocycles. The van der Waals surface area contributed by atoms with E-state index < -0.39 is 13.8 Å². The van der Waals surface area contributed by atoms with E-state index in [9.17, 15) is 4.79 Å². The average Bonchev–Trinajstić information content (AvgIpc) is 2.11. The molecule has 0 aliphatic rings. The fourth-order valence-electron chi connectivity index (χ4n) is 0.827. The molecule has 0 aromatic heterocycles. The lowest BCUT2D eigenvalue weighted by Crippen LogP contribution is -2.32. The van der Waals surface area contributed by atoms with E-state index >= 15 is 0 Å². The van der Waals surface area contributed by atoms with Gasteiger partial charge in [0, 0.05) is 0 Å². The number of carbonyl (C=O) groups excluding carboxylic acids is 1. The van der Waals surface area contributed by atoms with Gasteiger partial charge in [-0.3, -0.25) is 4.79 Å². The Hall–Kier alpha value is 0.747. The van der Waals surface area contributed by atoms with Crippen molar-refractivity contribution in [1.29, 1.82) is 0 Å². The Morgan fingerprint density at radius 2 is 2.21 bits per heavy atom. The Morgan fingerprint density at radius 3 is 2.64 bits per heavy atom. The van der Waals surface area contributed by atoms with Crippen molar-refractivity contribution in [3.8, 4) is 0 Å². The SMILES string of the molecule is CCCOC(=O)C(C)(Br)C[SiH2]C(Cl)Cl. The van der Waals surface area contributed by atoms with E-state index in [1.165, 1.54) is 0 Å². The van der Waals surface area contributed by atoms with Crippen LogP contribution in [0.4, 0.5) is 0 Å². The lowest BCUT2D eigenvalue weighted by Gasteiger charge is -2.20. The Bertz CT molecular complexity index is 188. The van der Waals surface area contributed by atoms with E-state index in [-0.39, 0.29) is 10.4 Å². The summed E-state index contributed by atoms with van der Waals surface area (Å²) >= 11 is 14.6. The monoisotopic (exact) mass is 320 g/mol. The van der Waals surface area contributed by atoms with Crippen LogP contribution in [0.1, 0.15) is 20.3 Å². The second-order valence-corrected chi connectivity index (χ2v) is 9.22.